The molecular formula is C19H14BrN3O5. The molecule has 2 N–H and O–H groups in total. The number of ether oxygens (including phenoxy) is 2. The van der Waals surface area contributed by atoms with Gasteiger partial charge in [-0.1, -0.05) is 22.0 Å². The van der Waals surface area contributed by atoms with Crippen LogP contribution < -0.4 is 26.0 Å². The molecule has 0 saturated heterocycles. The molecule has 0 bridgehead atoms. The largest absolute Gasteiger partial charge is 0.454 e. The molecule has 0 spiro atoms. The van der Waals surface area contributed by atoms with Crippen LogP contribution >= 0.6 is 15.9 Å². The molecule has 0 atom stereocenters. The topological polar surface area (TPSA) is 102 Å². The monoisotopic (exact) mass is 443 g/mol. The Labute approximate surface area is 166 Å². The molecule has 9 heteroatoms. The average Bonchev–Trinajstić information content (AvgIpc) is 3.14. The van der Waals surface area contributed by atoms with Gasteiger partial charge in [0.1, 0.15) is 5.56 Å². The SMILES string of the molecule is O=C(Nc1ccc(Br)cc1)c1c[nH]c(=O)n(Cc2ccc3c(c2)OCO3)c1=O. The second kappa shape index (κ2) is 7.35. The van der Waals surface area contributed by atoms with Crippen molar-refractivity contribution in [3.63, 3.8) is 0 Å². The normalized spacial score (nSPS) is 12.0. The van der Waals surface area contributed by atoms with Crippen molar-refractivity contribution in [2.45, 2.75) is 6.54 Å². The molecule has 28 heavy (non-hydrogen) atoms. The summed E-state index contributed by atoms with van der Waals surface area (Å²) >= 11 is 3.31. The van der Waals surface area contributed by atoms with Gasteiger partial charge in [-0.3, -0.25) is 14.2 Å². The first kappa shape index (κ1) is 18.1. The molecule has 3 aromatic rings. The predicted octanol–water partition coefficient (Wildman–Crippen LogP) is 2.33. The summed E-state index contributed by atoms with van der Waals surface area (Å²) in [5, 5.41) is 2.64. The van der Waals surface area contributed by atoms with Crippen LogP contribution in [-0.2, 0) is 6.54 Å². The van der Waals surface area contributed by atoms with E-state index in [1.54, 1.807) is 42.5 Å². The molecule has 1 amide bonds. The van der Waals surface area contributed by atoms with Crippen molar-refractivity contribution in [3.05, 3.63) is 85.1 Å². The number of anilines is 1. The van der Waals surface area contributed by atoms with E-state index in [0.29, 0.717) is 22.7 Å². The third kappa shape index (κ3) is 3.56. The number of benzene rings is 2. The zero-order chi connectivity index (χ0) is 19.7. The van der Waals surface area contributed by atoms with E-state index in [2.05, 4.69) is 26.2 Å². The zero-order valence-corrected chi connectivity index (χ0v) is 16.0. The molecule has 8 nitrogen and oxygen atoms in total. The van der Waals surface area contributed by atoms with E-state index >= 15 is 0 Å². The van der Waals surface area contributed by atoms with Crippen LogP contribution in [0.4, 0.5) is 5.69 Å². The van der Waals surface area contributed by atoms with E-state index in [0.717, 1.165) is 15.2 Å². The van der Waals surface area contributed by atoms with E-state index in [1.807, 2.05) is 0 Å². The molecule has 0 aliphatic carbocycles. The van der Waals surface area contributed by atoms with Crippen LogP contribution in [-0.4, -0.2) is 22.3 Å². The number of nitrogens with zero attached hydrogens (tertiary/aromatic N) is 1. The minimum Gasteiger partial charge on any atom is -0.454 e. The second-order valence-corrected chi connectivity index (χ2v) is 6.96. The lowest BCUT2D eigenvalue weighted by Crippen LogP contribution is -2.39. The minimum absolute atomic E-state index is 0.00971. The van der Waals surface area contributed by atoms with E-state index < -0.39 is 17.2 Å². The molecule has 142 valence electrons. The highest BCUT2D eigenvalue weighted by Crippen LogP contribution is 2.32. The number of carbonyl (C=O) groups is 1. The van der Waals surface area contributed by atoms with Crippen molar-refractivity contribution in [1.29, 1.82) is 0 Å². The zero-order valence-electron chi connectivity index (χ0n) is 14.4. The fourth-order valence-corrected chi connectivity index (χ4v) is 3.04. The van der Waals surface area contributed by atoms with Gasteiger partial charge in [-0.15, -0.1) is 0 Å². The summed E-state index contributed by atoms with van der Waals surface area (Å²) in [7, 11) is 0. The highest BCUT2D eigenvalue weighted by atomic mass is 79.9. The summed E-state index contributed by atoms with van der Waals surface area (Å²) in [5.74, 6) is 0.543. The first-order valence-corrected chi connectivity index (χ1v) is 9.08. The molecule has 0 fully saturated rings. The highest BCUT2D eigenvalue weighted by molar-refractivity contribution is 9.10. The third-order valence-corrected chi connectivity index (χ3v) is 4.71. The second-order valence-electron chi connectivity index (χ2n) is 6.05. The minimum atomic E-state index is -0.684. The molecule has 1 aliphatic heterocycles. The lowest BCUT2D eigenvalue weighted by atomic mass is 10.2. The van der Waals surface area contributed by atoms with Crippen LogP contribution in [0.3, 0.4) is 0 Å². The molecule has 0 unspecified atom stereocenters. The summed E-state index contributed by atoms with van der Waals surface area (Å²) in [5.41, 5.74) is -0.259. The molecule has 4 rings (SSSR count). The number of rotatable bonds is 4. The summed E-state index contributed by atoms with van der Waals surface area (Å²) in [4.78, 5) is 39.8. The van der Waals surface area contributed by atoms with Gasteiger partial charge in [-0.2, -0.15) is 0 Å². The smallest absolute Gasteiger partial charge is 0.328 e. The van der Waals surface area contributed by atoms with Gasteiger partial charge >= 0.3 is 5.69 Å². The summed E-state index contributed by atoms with van der Waals surface area (Å²) in [6.07, 6.45) is 1.12. The number of carbonyl (C=O) groups excluding carboxylic acids is 1. The Morgan fingerprint density at radius 2 is 1.86 bits per heavy atom. The number of nitrogens with one attached hydrogen (secondary N) is 2. The molecule has 1 aliphatic rings. The van der Waals surface area contributed by atoms with Crippen LogP contribution in [0.2, 0.25) is 0 Å². The first-order chi connectivity index (χ1) is 13.5. The first-order valence-electron chi connectivity index (χ1n) is 8.29. The van der Waals surface area contributed by atoms with Gasteiger partial charge in [-0.25, -0.2) is 4.79 Å². The summed E-state index contributed by atoms with van der Waals surface area (Å²) in [6, 6.07) is 12.1. The average molecular weight is 444 g/mol. The van der Waals surface area contributed by atoms with E-state index in [1.165, 1.54) is 0 Å². The van der Waals surface area contributed by atoms with E-state index in [-0.39, 0.29) is 18.9 Å². The van der Waals surface area contributed by atoms with Crippen LogP contribution in [0.1, 0.15) is 15.9 Å². The van der Waals surface area contributed by atoms with Crippen molar-refractivity contribution < 1.29 is 14.3 Å². The van der Waals surface area contributed by atoms with Gasteiger partial charge in [0.2, 0.25) is 6.79 Å². The standard InChI is InChI=1S/C19H14BrN3O5/c20-12-2-4-13(5-3-12)22-17(24)14-8-21-19(26)23(18(14)25)9-11-1-6-15-16(7-11)28-10-27-15/h1-8H,9-10H2,(H,21,26)(H,22,24). The lowest BCUT2D eigenvalue weighted by Gasteiger charge is -2.09. The maximum atomic E-state index is 12.7. The predicted molar refractivity (Wildman–Crippen MR) is 105 cm³/mol. The number of fused-ring (bicyclic) bond motifs is 1. The van der Waals surface area contributed by atoms with E-state index in [4.69, 9.17) is 9.47 Å². The Bertz CT molecular complexity index is 1170. The fraction of sp³-hybridized carbons (Fsp3) is 0.105. The van der Waals surface area contributed by atoms with Crippen molar-refractivity contribution in [1.82, 2.24) is 9.55 Å². The van der Waals surface area contributed by atoms with Gasteiger partial charge in [0.25, 0.3) is 11.5 Å². The summed E-state index contributed by atoms with van der Waals surface area (Å²) in [6.45, 7) is 0.120. The molecule has 2 aromatic carbocycles. The van der Waals surface area contributed by atoms with Gasteiger partial charge in [-0.05, 0) is 42.0 Å². The lowest BCUT2D eigenvalue weighted by molar-refractivity contribution is 0.102. The van der Waals surface area contributed by atoms with Crippen LogP contribution in [0, 0.1) is 0 Å². The summed E-state index contributed by atoms with van der Waals surface area (Å²) < 4.78 is 12.4. The Hall–Kier alpha value is -3.33. The number of hydrogen-bond donors (Lipinski definition) is 2. The maximum Gasteiger partial charge on any atom is 0.328 e. The Morgan fingerprint density at radius 1 is 1.11 bits per heavy atom. The van der Waals surface area contributed by atoms with Crippen LogP contribution in [0.5, 0.6) is 11.5 Å². The number of aromatic nitrogens is 2. The number of H-pyrrole nitrogens is 1. The maximum absolute atomic E-state index is 12.7. The Morgan fingerprint density at radius 3 is 2.64 bits per heavy atom. The molecule has 2 heterocycles. The molecule has 0 radical (unpaired) electrons. The number of hydrogen-bond acceptors (Lipinski definition) is 5. The highest BCUT2D eigenvalue weighted by Gasteiger charge is 2.17. The third-order valence-electron chi connectivity index (χ3n) is 4.19. The van der Waals surface area contributed by atoms with Crippen molar-refractivity contribution in [3.8, 4) is 11.5 Å². The van der Waals surface area contributed by atoms with Crippen LogP contribution in [0.15, 0.2) is 62.7 Å². The fourth-order valence-electron chi connectivity index (χ4n) is 2.77. The van der Waals surface area contributed by atoms with E-state index in [9.17, 15) is 14.4 Å². The molecular weight excluding hydrogens is 430 g/mol. The van der Waals surface area contributed by atoms with Crippen molar-refractivity contribution in [2.75, 3.05) is 12.1 Å². The van der Waals surface area contributed by atoms with Crippen molar-refractivity contribution >= 4 is 27.5 Å². The number of amides is 1. The Kier molecular flexibility index (Phi) is 4.74. The number of aromatic amines is 1. The quantitative estimate of drug-likeness (QED) is 0.643. The Balaban J connectivity index is 1.62. The number of halogens is 1. The van der Waals surface area contributed by atoms with Crippen LogP contribution in [0.25, 0.3) is 0 Å². The van der Waals surface area contributed by atoms with Crippen molar-refractivity contribution in [2.24, 2.45) is 0 Å². The molecule has 0 saturated carbocycles. The van der Waals surface area contributed by atoms with Gasteiger partial charge in [0.15, 0.2) is 11.5 Å². The van der Waals surface area contributed by atoms with Gasteiger partial charge < -0.3 is 19.8 Å². The molecule has 1 aromatic heterocycles. The van der Waals surface area contributed by atoms with Gasteiger partial charge in [0, 0.05) is 16.4 Å². The van der Waals surface area contributed by atoms with Gasteiger partial charge in [0.05, 0.1) is 6.54 Å².